The quantitative estimate of drug-likeness (QED) is 0.446. The summed E-state index contributed by atoms with van der Waals surface area (Å²) in [5.74, 6) is -1.43. The van der Waals surface area contributed by atoms with Crippen LogP contribution in [0.3, 0.4) is 0 Å². The summed E-state index contributed by atoms with van der Waals surface area (Å²) >= 11 is 0. The summed E-state index contributed by atoms with van der Waals surface area (Å²) in [5, 5.41) is 7.41. The van der Waals surface area contributed by atoms with Crippen molar-refractivity contribution >= 4 is 27.8 Å². The first-order chi connectivity index (χ1) is 16.3. The Labute approximate surface area is 193 Å². The molecule has 0 saturated carbocycles. The lowest BCUT2D eigenvalue weighted by Crippen LogP contribution is -2.23. The Morgan fingerprint density at radius 3 is 2.56 bits per heavy atom. The Morgan fingerprint density at radius 2 is 1.91 bits per heavy atom. The molecule has 0 unspecified atom stereocenters. The second kappa shape index (κ2) is 7.91. The maximum Gasteiger partial charge on any atom is 0.334 e. The number of hydrogen-bond donors (Lipinski definition) is 1. The van der Waals surface area contributed by atoms with Crippen molar-refractivity contribution < 1.29 is 9.18 Å². The van der Waals surface area contributed by atoms with E-state index in [2.05, 4.69) is 27.3 Å². The number of fused-ring (bicyclic) bond motifs is 3. The number of benzene rings is 1. The van der Waals surface area contributed by atoms with Gasteiger partial charge in [0.2, 0.25) is 0 Å². The molecule has 1 amide bonds. The minimum Gasteiger partial charge on any atom is -0.355 e. The van der Waals surface area contributed by atoms with Crippen molar-refractivity contribution in [3.8, 4) is 16.9 Å². The van der Waals surface area contributed by atoms with Gasteiger partial charge in [0.15, 0.2) is 11.6 Å². The summed E-state index contributed by atoms with van der Waals surface area (Å²) < 4.78 is 19.5. The number of aryl methyl sites for hydroxylation is 3. The van der Waals surface area contributed by atoms with E-state index < -0.39 is 17.4 Å². The van der Waals surface area contributed by atoms with Crippen LogP contribution in [0.4, 0.5) is 4.39 Å². The van der Waals surface area contributed by atoms with Gasteiger partial charge < -0.3 is 5.32 Å². The van der Waals surface area contributed by atoms with Gasteiger partial charge >= 0.3 is 5.69 Å². The minimum absolute atomic E-state index is 0.0648. The summed E-state index contributed by atoms with van der Waals surface area (Å²) in [5.41, 5.74) is 4.28. The topological polar surface area (TPSA) is 99.6 Å². The predicted molar refractivity (Wildman–Crippen MR) is 127 cm³/mol. The van der Waals surface area contributed by atoms with E-state index in [1.165, 1.54) is 22.4 Å². The maximum atomic E-state index is 15.2. The van der Waals surface area contributed by atoms with Crippen molar-refractivity contribution in [2.75, 3.05) is 7.05 Å². The van der Waals surface area contributed by atoms with Gasteiger partial charge in [-0.15, -0.1) is 0 Å². The summed E-state index contributed by atoms with van der Waals surface area (Å²) in [7, 11) is 4.91. The van der Waals surface area contributed by atoms with Gasteiger partial charge in [-0.1, -0.05) is 6.92 Å². The number of hydrogen-bond acceptors (Lipinski definition) is 5. The Bertz CT molecular complexity index is 1660. The lowest BCUT2D eigenvalue weighted by molar-refractivity contribution is 0.0962. The zero-order valence-corrected chi connectivity index (χ0v) is 19.1. The molecule has 0 spiro atoms. The molecule has 1 aromatic carbocycles. The number of halogens is 1. The third kappa shape index (κ3) is 3.18. The highest BCUT2D eigenvalue weighted by Crippen LogP contribution is 2.32. The summed E-state index contributed by atoms with van der Waals surface area (Å²) in [6, 6.07) is 5.02. The van der Waals surface area contributed by atoms with E-state index in [1.807, 2.05) is 25.4 Å². The Balaban J connectivity index is 1.86. The van der Waals surface area contributed by atoms with Crippen molar-refractivity contribution in [3.63, 3.8) is 0 Å². The van der Waals surface area contributed by atoms with Crippen LogP contribution in [0.2, 0.25) is 0 Å². The zero-order chi connectivity index (χ0) is 24.1. The zero-order valence-electron chi connectivity index (χ0n) is 19.1. The van der Waals surface area contributed by atoms with E-state index in [9.17, 15) is 9.59 Å². The molecule has 0 aliphatic heterocycles. The number of nitrogens with zero attached hydrogens (tertiary/aromatic N) is 6. The van der Waals surface area contributed by atoms with Crippen LogP contribution in [0.1, 0.15) is 22.8 Å². The van der Waals surface area contributed by atoms with Gasteiger partial charge in [-0.25, -0.2) is 18.7 Å². The molecule has 0 saturated heterocycles. The van der Waals surface area contributed by atoms with Crippen LogP contribution in [0, 0.1) is 5.82 Å². The first-order valence-electron chi connectivity index (χ1n) is 10.7. The molecule has 5 aromatic rings. The number of aromatic nitrogens is 6. The highest BCUT2D eigenvalue weighted by molar-refractivity contribution is 6.05. The smallest absolute Gasteiger partial charge is 0.334 e. The van der Waals surface area contributed by atoms with Crippen LogP contribution >= 0.6 is 0 Å². The van der Waals surface area contributed by atoms with Crippen LogP contribution in [0.5, 0.6) is 0 Å². The fourth-order valence-corrected chi connectivity index (χ4v) is 4.27. The highest BCUT2D eigenvalue weighted by atomic mass is 19.1. The molecular weight excluding hydrogens is 437 g/mol. The number of carbonyl (C=O) groups excluding carboxylic acids is 1. The van der Waals surface area contributed by atoms with E-state index in [-0.39, 0.29) is 11.4 Å². The molecule has 1 N–H and O–H groups in total. The lowest BCUT2D eigenvalue weighted by Gasteiger charge is -2.11. The van der Waals surface area contributed by atoms with E-state index in [0.29, 0.717) is 21.9 Å². The second-order valence-corrected chi connectivity index (χ2v) is 8.06. The lowest BCUT2D eigenvalue weighted by atomic mass is 9.97. The van der Waals surface area contributed by atoms with Gasteiger partial charge in [0, 0.05) is 44.5 Å². The summed E-state index contributed by atoms with van der Waals surface area (Å²) in [6.07, 6.45) is 7.34. The Kier molecular flexibility index (Phi) is 5.00. The fraction of sp³-hybridized carbons (Fsp3) is 0.208. The standard InChI is InChI=1S/C24H22FN7O2/c1-5-13-7-19-17(8-16(13)15-10-29-30(3)12-15)21-20(11-27-19)31(4)24(34)32(21)22-18(25)6-14(9-28-22)23(33)26-2/h6-12H,5H2,1-4H3,(H,26,33). The predicted octanol–water partition coefficient (Wildman–Crippen LogP) is 2.73. The average molecular weight is 459 g/mol. The normalized spacial score (nSPS) is 11.4. The van der Waals surface area contributed by atoms with Crippen LogP contribution in [0.25, 0.3) is 38.9 Å². The molecule has 34 heavy (non-hydrogen) atoms. The van der Waals surface area contributed by atoms with Crippen LogP contribution < -0.4 is 11.0 Å². The molecule has 0 fully saturated rings. The second-order valence-electron chi connectivity index (χ2n) is 8.06. The van der Waals surface area contributed by atoms with Crippen molar-refractivity contribution in [2.24, 2.45) is 14.1 Å². The Hall–Kier alpha value is -4.34. The largest absolute Gasteiger partial charge is 0.355 e. The number of pyridine rings is 2. The van der Waals surface area contributed by atoms with E-state index in [4.69, 9.17) is 0 Å². The van der Waals surface area contributed by atoms with E-state index >= 15 is 4.39 Å². The van der Waals surface area contributed by atoms with Gasteiger partial charge in [-0.05, 0) is 35.7 Å². The van der Waals surface area contributed by atoms with Gasteiger partial charge in [0.05, 0.1) is 34.5 Å². The number of nitrogens with one attached hydrogen (secondary N) is 1. The SMILES string of the molecule is CCc1cc2ncc3c(c2cc1-c1cnn(C)c1)n(-c1ncc(C(=O)NC)cc1F)c(=O)n3C. The molecule has 172 valence electrons. The molecular formula is C24H22FN7O2. The number of rotatable bonds is 4. The van der Waals surface area contributed by atoms with Crippen molar-refractivity contribution in [1.82, 2.24) is 34.2 Å². The molecule has 0 atom stereocenters. The van der Waals surface area contributed by atoms with Crippen molar-refractivity contribution in [3.05, 3.63) is 70.4 Å². The van der Waals surface area contributed by atoms with Crippen LogP contribution in [0.15, 0.2) is 47.8 Å². The molecule has 0 aliphatic rings. The van der Waals surface area contributed by atoms with E-state index in [1.54, 1.807) is 24.1 Å². The molecule has 4 heterocycles. The number of amides is 1. The third-order valence-corrected chi connectivity index (χ3v) is 6.03. The Morgan fingerprint density at radius 1 is 1.12 bits per heavy atom. The van der Waals surface area contributed by atoms with Gasteiger partial charge in [-0.2, -0.15) is 5.10 Å². The maximum absolute atomic E-state index is 15.2. The number of carbonyl (C=O) groups is 1. The number of imidazole rings is 1. The molecule has 4 aromatic heterocycles. The first-order valence-corrected chi connectivity index (χ1v) is 10.7. The molecule has 5 rings (SSSR count). The van der Waals surface area contributed by atoms with Gasteiger partial charge in [0.25, 0.3) is 5.91 Å². The first kappa shape index (κ1) is 21.5. The molecule has 10 heteroatoms. The molecule has 0 aliphatic carbocycles. The fourth-order valence-electron chi connectivity index (χ4n) is 4.27. The molecule has 0 bridgehead atoms. The van der Waals surface area contributed by atoms with Gasteiger partial charge in [-0.3, -0.25) is 19.0 Å². The molecule has 9 nitrogen and oxygen atoms in total. The summed E-state index contributed by atoms with van der Waals surface area (Å²) in [6.45, 7) is 2.06. The molecule has 0 radical (unpaired) electrons. The monoisotopic (exact) mass is 459 g/mol. The van der Waals surface area contributed by atoms with E-state index in [0.717, 1.165) is 29.2 Å². The van der Waals surface area contributed by atoms with Gasteiger partial charge in [0.1, 0.15) is 0 Å². The van der Waals surface area contributed by atoms with Crippen molar-refractivity contribution in [1.29, 1.82) is 0 Å². The third-order valence-electron chi connectivity index (χ3n) is 6.03. The van der Waals surface area contributed by atoms with Crippen LogP contribution in [-0.4, -0.2) is 41.8 Å². The summed E-state index contributed by atoms with van der Waals surface area (Å²) in [4.78, 5) is 33.9. The highest BCUT2D eigenvalue weighted by Gasteiger charge is 2.21. The van der Waals surface area contributed by atoms with Crippen LogP contribution in [-0.2, 0) is 20.5 Å². The minimum atomic E-state index is -0.779. The average Bonchev–Trinajstić information content (AvgIpc) is 3.38. The van der Waals surface area contributed by atoms with Crippen molar-refractivity contribution in [2.45, 2.75) is 13.3 Å².